The normalized spacial score (nSPS) is 23.3. The number of amides is 3. The van der Waals surface area contributed by atoms with Crippen molar-refractivity contribution in [1.82, 2.24) is 24.6 Å². The quantitative estimate of drug-likeness (QED) is 0.374. The van der Waals surface area contributed by atoms with E-state index < -0.39 is 46.2 Å². The van der Waals surface area contributed by atoms with Crippen LogP contribution >= 0.6 is 0 Å². The Balaban J connectivity index is 1.33. The number of hydrogen-bond acceptors (Lipinski definition) is 9. The molecule has 0 radical (unpaired) electrons. The molecule has 17 heteroatoms. The van der Waals surface area contributed by atoms with Crippen molar-refractivity contribution in [3.05, 3.63) is 42.6 Å². The number of carbonyl (C=O) groups excluding carboxylic acids is 2. The first-order valence-corrected chi connectivity index (χ1v) is 14.0. The van der Waals surface area contributed by atoms with E-state index in [2.05, 4.69) is 9.72 Å². The van der Waals surface area contributed by atoms with Gasteiger partial charge in [0.05, 0.1) is 25.5 Å². The second kappa shape index (κ2) is 11.3. The number of pyridine rings is 1. The molecule has 3 aliphatic rings. The first-order valence-electron chi connectivity index (χ1n) is 12.6. The molecule has 0 saturated carbocycles. The number of rotatable bonds is 6. The lowest BCUT2D eigenvalue weighted by Crippen LogP contribution is -2.68. The molecule has 4 heterocycles. The molecule has 222 valence electrons. The second-order valence-electron chi connectivity index (χ2n) is 9.54. The molecule has 0 spiro atoms. The molecular formula is C24H26F3N5O8S. The zero-order valence-corrected chi connectivity index (χ0v) is 22.2. The summed E-state index contributed by atoms with van der Waals surface area (Å²) in [6, 6.07) is 4.02. The molecule has 5 rings (SSSR count). The standard InChI is InChI=1S/C24H26F3N5O8S/c25-24(26,27)40-17-4-2-16(3-5-17)39-20-8-6-18(13-28-20)41(36,37)31-14-15-1-7-19(21(31)22(33)29-35)32(15)23(34)30-9-11-38-12-10-30/h2-6,8,13,15,19,21,35H,1,7,9-12,14H2,(H,29,33)/t15-,19+,21-/m1/s1. The van der Waals surface area contributed by atoms with Gasteiger partial charge >= 0.3 is 12.4 Å². The molecule has 0 unspecified atom stereocenters. The van der Waals surface area contributed by atoms with E-state index in [-0.39, 0.29) is 29.1 Å². The van der Waals surface area contributed by atoms with E-state index in [1.165, 1.54) is 34.6 Å². The lowest BCUT2D eigenvalue weighted by molar-refractivity contribution is -0.274. The van der Waals surface area contributed by atoms with Crippen LogP contribution in [0.5, 0.6) is 17.4 Å². The summed E-state index contributed by atoms with van der Waals surface area (Å²) < 4.78 is 80.0. The highest BCUT2D eigenvalue weighted by atomic mass is 32.2. The summed E-state index contributed by atoms with van der Waals surface area (Å²) in [5.74, 6) is -1.33. The molecule has 0 aliphatic carbocycles. The van der Waals surface area contributed by atoms with Gasteiger partial charge in [-0.05, 0) is 43.2 Å². The molecule has 2 bridgehead atoms. The van der Waals surface area contributed by atoms with Crippen molar-refractivity contribution in [2.75, 3.05) is 32.8 Å². The average Bonchev–Trinajstić information content (AvgIpc) is 3.25. The van der Waals surface area contributed by atoms with Crippen LogP contribution in [0.4, 0.5) is 18.0 Å². The van der Waals surface area contributed by atoms with Crippen molar-refractivity contribution in [1.29, 1.82) is 0 Å². The van der Waals surface area contributed by atoms with Crippen molar-refractivity contribution in [3.8, 4) is 17.4 Å². The Hall–Kier alpha value is -3.67. The van der Waals surface area contributed by atoms with Gasteiger partial charge in [-0.15, -0.1) is 13.2 Å². The minimum atomic E-state index is -4.84. The maximum atomic E-state index is 13.7. The van der Waals surface area contributed by atoms with Crippen LogP contribution < -0.4 is 15.0 Å². The van der Waals surface area contributed by atoms with Crippen molar-refractivity contribution in [2.24, 2.45) is 0 Å². The van der Waals surface area contributed by atoms with Crippen LogP contribution in [0, 0.1) is 0 Å². The largest absolute Gasteiger partial charge is 0.573 e. The third-order valence-electron chi connectivity index (χ3n) is 7.09. The van der Waals surface area contributed by atoms with E-state index in [0.717, 1.165) is 22.6 Å². The van der Waals surface area contributed by atoms with Gasteiger partial charge in [-0.3, -0.25) is 10.0 Å². The lowest BCUT2D eigenvalue weighted by Gasteiger charge is -2.46. The van der Waals surface area contributed by atoms with E-state index in [1.807, 2.05) is 0 Å². The number of hydroxylamine groups is 1. The van der Waals surface area contributed by atoms with Gasteiger partial charge in [0.15, 0.2) is 0 Å². The SMILES string of the molecule is O=C(NO)[C@H]1[C@@H]2CC[C@H](CN1S(=O)(=O)c1ccc(Oc3ccc(OC(F)(F)F)cc3)nc1)N2C(=O)N1CCOCC1. The highest BCUT2D eigenvalue weighted by Crippen LogP contribution is 2.38. The number of piperazine rings is 1. The summed E-state index contributed by atoms with van der Waals surface area (Å²) in [6.45, 7) is 1.33. The number of ether oxygens (including phenoxy) is 3. The van der Waals surface area contributed by atoms with Gasteiger partial charge in [0, 0.05) is 31.7 Å². The minimum absolute atomic E-state index is 0.0425. The van der Waals surface area contributed by atoms with E-state index in [1.54, 1.807) is 4.90 Å². The predicted octanol–water partition coefficient (Wildman–Crippen LogP) is 1.94. The van der Waals surface area contributed by atoms with Crippen molar-refractivity contribution >= 4 is 22.0 Å². The Morgan fingerprint density at radius 1 is 1.05 bits per heavy atom. The van der Waals surface area contributed by atoms with Gasteiger partial charge in [0.2, 0.25) is 15.9 Å². The van der Waals surface area contributed by atoms with E-state index in [4.69, 9.17) is 9.47 Å². The number of alkyl halides is 3. The van der Waals surface area contributed by atoms with Crippen molar-refractivity contribution < 1.29 is 50.6 Å². The highest BCUT2D eigenvalue weighted by Gasteiger charge is 2.55. The van der Waals surface area contributed by atoms with Gasteiger partial charge in [0.1, 0.15) is 22.4 Å². The lowest BCUT2D eigenvalue weighted by atomic mass is 10.0. The topological polar surface area (TPSA) is 151 Å². The number of hydrogen-bond donors (Lipinski definition) is 2. The van der Waals surface area contributed by atoms with Gasteiger partial charge in [-0.1, -0.05) is 0 Å². The molecule has 41 heavy (non-hydrogen) atoms. The number of aromatic nitrogens is 1. The summed E-state index contributed by atoms with van der Waals surface area (Å²) in [7, 11) is -4.33. The number of sulfonamides is 1. The number of urea groups is 1. The van der Waals surface area contributed by atoms with Crippen molar-refractivity contribution in [3.63, 3.8) is 0 Å². The predicted molar refractivity (Wildman–Crippen MR) is 131 cm³/mol. The van der Waals surface area contributed by atoms with Crippen LogP contribution in [-0.4, -0.2) is 102 Å². The smallest absolute Gasteiger partial charge is 0.439 e. The van der Waals surface area contributed by atoms with Crippen LogP contribution in [0.25, 0.3) is 0 Å². The van der Waals surface area contributed by atoms with Crippen LogP contribution in [0.1, 0.15) is 12.8 Å². The summed E-state index contributed by atoms with van der Waals surface area (Å²) in [5.41, 5.74) is 1.54. The summed E-state index contributed by atoms with van der Waals surface area (Å²) in [5, 5.41) is 9.45. The molecule has 3 atom stereocenters. The number of halogens is 3. The molecule has 3 fully saturated rings. The van der Waals surface area contributed by atoms with E-state index in [0.29, 0.717) is 39.1 Å². The van der Waals surface area contributed by atoms with Crippen LogP contribution in [-0.2, 0) is 19.6 Å². The molecule has 3 saturated heterocycles. The third-order valence-corrected chi connectivity index (χ3v) is 8.92. The fourth-order valence-corrected chi connectivity index (χ4v) is 6.90. The van der Waals surface area contributed by atoms with Crippen molar-refractivity contribution in [2.45, 2.75) is 42.2 Å². The Morgan fingerprint density at radius 3 is 2.34 bits per heavy atom. The Labute approximate surface area is 232 Å². The van der Waals surface area contributed by atoms with Gasteiger partial charge in [-0.25, -0.2) is 23.7 Å². The molecule has 2 aromatic rings. The highest BCUT2D eigenvalue weighted by molar-refractivity contribution is 7.89. The molecule has 1 aromatic heterocycles. The number of carbonyl (C=O) groups is 2. The summed E-state index contributed by atoms with van der Waals surface area (Å²) >= 11 is 0. The maximum Gasteiger partial charge on any atom is 0.573 e. The summed E-state index contributed by atoms with van der Waals surface area (Å²) in [6.07, 6.45) is -2.98. The second-order valence-corrected chi connectivity index (χ2v) is 11.4. The van der Waals surface area contributed by atoms with Crippen LogP contribution in [0.2, 0.25) is 0 Å². The first kappa shape index (κ1) is 28.8. The average molecular weight is 602 g/mol. The monoisotopic (exact) mass is 601 g/mol. The molecule has 2 N–H and O–H groups in total. The van der Waals surface area contributed by atoms with Gasteiger partial charge in [-0.2, -0.15) is 4.31 Å². The fourth-order valence-electron chi connectivity index (χ4n) is 5.29. The number of nitrogens with one attached hydrogen (secondary N) is 1. The zero-order valence-electron chi connectivity index (χ0n) is 21.4. The Morgan fingerprint density at radius 2 is 1.73 bits per heavy atom. The minimum Gasteiger partial charge on any atom is -0.439 e. The fraction of sp³-hybridized carbons (Fsp3) is 0.458. The number of fused-ring (bicyclic) bond motifs is 2. The van der Waals surface area contributed by atoms with Gasteiger partial charge < -0.3 is 24.0 Å². The van der Waals surface area contributed by atoms with Crippen LogP contribution in [0.3, 0.4) is 0 Å². The number of benzene rings is 1. The maximum absolute atomic E-state index is 13.7. The number of nitrogens with zero attached hydrogens (tertiary/aromatic N) is 4. The molecule has 3 amide bonds. The van der Waals surface area contributed by atoms with E-state index >= 15 is 0 Å². The van der Waals surface area contributed by atoms with Gasteiger partial charge in [0.25, 0.3) is 5.91 Å². The van der Waals surface area contributed by atoms with E-state index in [9.17, 15) is 36.4 Å². The zero-order chi connectivity index (χ0) is 29.4. The molecular weight excluding hydrogens is 575 g/mol. The Bertz CT molecular complexity index is 1370. The molecule has 3 aliphatic heterocycles. The molecule has 13 nitrogen and oxygen atoms in total. The number of morpholine rings is 1. The summed E-state index contributed by atoms with van der Waals surface area (Å²) in [4.78, 5) is 33.0. The first-order chi connectivity index (χ1) is 19.5. The molecule has 1 aromatic carbocycles. The van der Waals surface area contributed by atoms with Crippen LogP contribution in [0.15, 0.2) is 47.5 Å². The Kier molecular flexibility index (Phi) is 7.95. The third kappa shape index (κ3) is 6.02.